The largest absolute Gasteiger partial charge is 0.313 e. The summed E-state index contributed by atoms with van der Waals surface area (Å²) in [4.78, 5) is 4.57. The van der Waals surface area contributed by atoms with Crippen molar-refractivity contribution in [2.45, 2.75) is 64.8 Å². The van der Waals surface area contributed by atoms with Crippen molar-refractivity contribution in [1.82, 2.24) is 10.3 Å². The lowest BCUT2D eigenvalue weighted by Gasteiger charge is -2.41. The van der Waals surface area contributed by atoms with Crippen LogP contribution in [0.2, 0.25) is 0 Å². The van der Waals surface area contributed by atoms with Crippen molar-refractivity contribution in [2.24, 2.45) is 5.41 Å². The zero-order valence-electron chi connectivity index (χ0n) is 12.8. The quantitative estimate of drug-likeness (QED) is 0.811. The van der Waals surface area contributed by atoms with Crippen LogP contribution in [0.15, 0.2) is 22.8 Å². The summed E-state index contributed by atoms with van der Waals surface area (Å²) in [6, 6.07) is 4.80. The summed E-state index contributed by atoms with van der Waals surface area (Å²) in [6.07, 6.45) is 11.0. The molecule has 1 aliphatic rings. The van der Waals surface area contributed by atoms with Gasteiger partial charge in [-0.15, -0.1) is 0 Å². The van der Waals surface area contributed by atoms with Gasteiger partial charge in [0.1, 0.15) is 0 Å². The molecule has 1 heterocycles. The average Bonchev–Trinajstić information content (AvgIpc) is 2.46. The van der Waals surface area contributed by atoms with E-state index in [2.05, 4.69) is 52.2 Å². The third-order valence-corrected chi connectivity index (χ3v) is 5.15. The Hall–Kier alpha value is -0.410. The summed E-state index contributed by atoms with van der Waals surface area (Å²) in [5.74, 6) is 0. The molecule has 1 aliphatic carbocycles. The zero-order valence-corrected chi connectivity index (χ0v) is 14.4. The molecule has 1 aromatic rings. The third kappa shape index (κ3) is 4.29. The number of aromatic nitrogens is 1. The first kappa shape index (κ1) is 16.0. The highest BCUT2D eigenvalue weighted by molar-refractivity contribution is 9.10. The molecule has 112 valence electrons. The van der Waals surface area contributed by atoms with Gasteiger partial charge in [0.15, 0.2) is 0 Å². The second-order valence-corrected chi connectivity index (χ2v) is 7.31. The van der Waals surface area contributed by atoms with Crippen molar-refractivity contribution >= 4 is 15.9 Å². The van der Waals surface area contributed by atoms with E-state index < -0.39 is 0 Å². The van der Waals surface area contributed by atoms with Crippen LogP contribution in [0.3, 0.4) is 0 Å². The first-order valence-corrected chi connectivity index (χ1v) is 8.77. The van der Waals surface area contributed by atoms with Gasteiger partial charge in [-0.1, -0.05) is 33.1 Å². The van der Waals surface area contributed by atoms with Crippen LogP contribution in [0, 0.1) is 5.41 Å². The molecule has 0 radical (unpaired) electrons. The van der Waals surface area contributed by atoms with Gasteiger partial charge in [-0.25, -0.2) is 0 Å². The molecule has 0 spiro atoms. The molecule has 0 amide bonds. The van der Waals surface area contributed by atoms with Crippen LogP contribution in [0.5, 0.6) is 0 Å². The van der Waals surface area contributed by atoms with Gasteiger partial charge in [0, 0.05) is 28.8 Å². The molecule has 0 aromatic carbocycles. The molecule has 1 saturated carbocycles. The van der Waals surface area contributed by atoms with Crippen LogP contribution in [-0.4, -0.2) is 17.6 Å². The van der Waals surface area contributed by atoms with E-state index in [0.717, 1.165) is 17.4 Å². The number of hydrogen-bond donors (Lipinski definition) is 1. The van der Waals surface area contributed by atoms with Crippen molar-refractivity contribution in [3.05, 3.63) is 28.5 Å². The lowest BCUT2D eigenvalue weighted by atomic mass is 9.69. The van der Waals surface area contributed by atoms with Crippen LogP contribution in [0.25, 0.3) is 0 Å². The monoisotopic (exact) mass is 338 g/mol. The van der Waals surface area contributed by atoms with Gasteiger partial charge in [0.05, 0.1) is 0 Å². The Morgan fingerprint density at radius 1 is 1.30 bits per heavy atom. The van der Waals surface area contributed by atoms with Crippen molar-refractivity contribution in [3.63, 3.8) is 0 Å². The van der Waals surface area contributed by atoms with Gasteiger partial charge in [-0.3, -0.25) is 4.98 Å². The first-order valence-electron chi connectivity index (χ1n) is 7.98. The molecular weight excluding hydrogens is 312 g/mol. The van der Waals surface area contributed by atoms with Gasteiger partial charge in [0.25, 0.3) is 0 Å². The minimum atomic E-state index is 0.433. The lowest BCUT2D eigenvalue weighted by molar-refractivity contribution is 0.143. The predicted molar refractivity (Wildman–Crippen MR) is 88.9 cm³/mol. The van der Waals surface area contributed by atoms with Crippen LogP contribution >= 0.6 is 15.9 Å². The van der Waals surface area contributed by atoms with Crippen LogP contribution in [0.4, 0.5) is 0 Å². The number of pyridine rings is 1. The Balaban J connectivity index is 2.07. The topological polar surface area (TPSA) is 24.9 Å². The highest BCUT2D eigenvalue weighted by Crippen LogP contribution is 2.39. The van der Waals surface area contributed by atoms with Crippen molar-refractivity contribution in [3.8, 4) is 0 Å². The van der Waals surface area contributed by atoms with Crippen LogP contribution in [0.1, 0.15) is 58.1 Å². The molecule has 1 atom stereocenters. The summed E-state index contributed by atoms with van der Waals surface area (Å²) in [5, 5.41) is 3.79. The molecule has 3 heteroatoms. The van der Waals surface area contributed by atoms with E-state index >= 15 is 0 Å². The molecule has 0 bridgehead atoms. The van der Waals surface area contributed by atoms with Gasteiger partial charge >= 0.3 is 0 Å². The standard InChI is InChI=1S/C17H27BrN2/c1-3-11-19-16(17(2)9-5-4-6-10-17)12-15-8-7-14(18)13-20-15/h7-8,13,16,19H,3-6,9-12H2,1-2H3. The summed E-state index contributed by atoms with van der Waals surface area (Å²) in [7, 11) is 0. The number of nitrogens with zero attached hydrogens (tertiary/aromatic N) is 1. The van der Waals surface area contributed by atoms with Crippen molar-refractivity contribution in [2.75, 3.05) is 6.54 Å². The van der Waals surface area contributed by atoms with E-state index in [1.54, 1.807) is 0 Å². The summed E-state index contributed by atoms with van der Waals surface area (Å²) in [5.41, 5.74) is 1.64. The maximum atomic E-state index is 4.57. The van der Waals surface area contributed by atoms with Gasteiger partial charge in [-0.2, -0.15) is 0 Å². The lowest BCUT2D eigenvalue weighted by Crippen LogP contribution is -2.46. The molecule has 1 unspecified atom stereocenters. The molecule has 1 N–H and O–H groups in total. The molecule has 0 aliphatic heterocycles. The normalized spacial score (nSPS) is 19.8. The summed E-state index contributed by atoms with van der Waals surface area (Å²) in [6.45, 7) is 5.82. The predicted octanol–water partition coefficient (Wildman–Crippen LogP) is 4.73. The van der Waals surface area contributed by atoms with Gasteiger partial charge in [-0.05, 0) is 59.3 Å². The highest BCUT2D eigenvalue weighted by Gasteiger charge is 2.35. The molecule has 2 nitrogen and oxygen atoms in total. The maximum Gasteiger partial charge on any atom is 0.0420 e. The maximum absolute atomic E-state index is 4.57. The number of hydrogen-bond acceptors (Lipinski definition) is 2. The zero-order chi connectivity index (χ0) is 14.4. The minimum absolute atomic E-state index is 0.433. The fourth-order valence-corrected chi connectivity index (χ4v) is 3.56. The summed E-state index contributed by atoms with van der Waals surface area (Å²) >= 11 is 3.46. The van der Waals surface area contributed by atoms with Gasteiger partial charge in [0.2, 0.25) is 0 Å². The molecule has 2 rings (SSSR count). The minimum Gasteiger partial charge on any atom is -0.313 e. The van der Waals surface area contributed by atoms with E-state index in [4.69, 9.17) is 0 Å². The first-order chi connectivity index (χ1) is 9.64. The highest BCUT2D eigenvalue weighted by atomic mass is 79.9. The number of nitrogens with one attached hydrogen (secondary N) is 1. The fourth-order valence-electron chi connectivity index (χ4n) is 3.33. The van der Waals surface area contributed by atoms with E-state index in [1.807, 2.05) is 6.20 Å². The van der Waals surface area contributed by atoms with E-state index in [1.165, 1.54) is 44.2 Å². The van der Waals surface area contributed by atoms with Crippen molar-refractivity contribution < 1.29 is 0 Å². The number of halogens is 1. The van der Waals surface area contributed by atoms with Gasteiger partial charge < -0.3 is 5.32 Å². The van der Waals surface area contributed by atoms with Crippen LogP contribution in [-0.2, 0) is 6.42 Å². The van der Waals surface area contributed by atoms with E-state index in [9.17, 15) is 0 Å². The van der Waals surface area contributed by atoms with E-state index in [0.29, 0.717) is 11.5 Å². The van der Waals surface area contributed by atoms with E-state index in [-0.39, 0.29) is 0 Å². The Bertz CT molecular complexity index is 396. The number of rotatable bonds is 6. The Labute approximate surface area is 131 Å². The Kier molecular flexibility index (Phi) is 6.03. The second-order valence-electron chi connectivity index (χ2n) is 6.39. The second kappa shape index (κ2) is 7.56. The molecular formula is C17H27BrN2. The van der Waals surface area contributed by atoms with Crippen LogP contribution < -0.4 is 5.32 Å². The molecule has 1 aromatic heterocycles. The molecule has 1 fully saturated rings. The Morgan fingerprint density at radius 2 is 2.05 bits per heavy atom. The molecule has 20 heavy (non-hydrogen) atoms. The SMILES string of the molecule is CCCNC(Cc1ccc(Br)cn1)C1(C)CCCCC1. The Morgan fingerprint density at radius 3 is 2.65 bits per heavy atom. The fraction of sp³-hybridized carbons (Fsp3) is 0.706. The summed E-state index contributed by atoms with van der Waals surface area (Å²) < 4.78 is 1.06. The molecule has 0 saturated heterocycles. The average molecular weight is 339 g/mol. The smallest absolute Gasteiger partial charge is 0.0420 e. The van der Waals surface area contributed by atoms with Crippen molar-refractivity contribution in [1.29, 1.82) is 0 Å². The third-order valence-electron chi connectivity index (χ3n) is 4.68.